The number of benzene rings is 2. The summed E-state index contributed by atoms with van der Waals surface area (Å²) < 4.78 is 12.7. The highest BCUT2D eigenvalue weighted by atomic mass is 35.5. The van der Waals surface area contributed by atoms with E-state index in [1.54, 1.807) is 36.1 Å². The average molecular weight is 530 g/mol. The number of carbonyl (C=O) groups excluding carboxylic acids is 1. The normalized spacial score (nSPS) is 16.4. The lowest BCUT2D eigenvalue weighted by molar-refractivity contribution is -0.125. The molecule has 0 atom stereocenters. The van der Waals surface area contributed by atoms with Crippen molar-refractivity contribution >= 4 is 40.0 Å². The van der Waals surface area contributed by atoms with Gasteiger partial charge in [-0.1, -0.05) is 11.6 Å². The number of aromatic nitrogens is 5. The number of carbonyl (C=O) groups is 1. The molecular weight excluding hydrogens is 502 g/mol. The van der Waals surface area contributed by atoms with Gasteiger partial charge in [0.2, 0.25) is 5.95 Å². The summed E-state index contributed by atoms with van der Waals surface area (Å²) in [4.78, 5) is 16.7. The summed E-state index contributed by atoms with van der Waals surface area (Å²) in [5.41, 5.74) is 2.23. The summed E-state index contributed by atoms with van der Waals surface area (Å²) in [5.74, 6) is 1.60. The number of anilines is 2. The minimum atomic E-state index is -0.332. The van der Waals surface area contributed by atoms with Gasteiger partial charge in [-0.15, -0.1) is 5.10 Å². The summed E-state index contributed by atoms with van der Waals surface area (Å²) in [6.45, 7) is -0.153. The Balaban J connectivity index is 0.00000156. The van der Waals surface area contributed by atoms with Crippen LogP contribution >= 0.6 is 11.6 Å². The van der Waals surface area contributed by atoms with Gasteiger partial charge in [0.05, 0.1) is 35.6 Å². The lowest BCUT2D eigenvalue weighted by atomic mass is 9.89. The Hall–Kier alpha value is -3.87. The average Bonchev–Trinajstić information content (AvgIpc) is 3.52. The number of rotatable bonds is 8. The van der Waals surface area contributed by atoms with E-state index in [0.29, 0.717) is 52.4 Å². The van der Waals surface area contributed by atoms with Crippen molar-refractivity contribution in [3.8, 4) is 22.9 Å². The standard InChI is InChI=1S/C23H24ClN7O4.CH4O/c1-31-23(27-17-5-4-16-15(21(17)24)10-25-29-16)28-22(30-31)12-3-6-18(19(7-12)34-2)35-11-20(33)26-13-8-14(32)9-13;1-2/h3-7,10,13-14,32H,8-9,11H2,1-2H3,(H,25,29)(H,26,33)(H,27,28,30);2H,1H3. The third-order valence-electron chi connectivity index (χ3n) is 5.83. The zero-order valence-corrected chi connectivity index (χ0v) is 21.3. The summed E-state index contributed by atoms with van der Waals surface area (Å²) in [5, 5.41) is 35.1. The molecule has 1 aliphatic carbocycles. The second kappa shape index (κ2) is 11.5. The minimum absolute atomic E-state index is 0.000102. The van der Waals surface area contributed by atoms with Gasteiger partial charge >= 0.3 is 0 Å². The fourth-order valence-electron chi connectivity index (χ4n) is 3.86. The molecule has 13 heteroatoms. The maximum absolute atomic E-state index is 12.1. The van der Waals surface area contributed by atoms with E-state index in [-0.39, 0.29) is 24.7 Å². The Labute approximate surface area is 217 Å². The molecule has 1 fully saturated rings. The number of aliphatic hydroxyl groups is 2. The SMILES string of the molecule is CO.COc1cc(-c2nc(Nc3ccc4[nH]ncc4c3Cl)n(C)n2)ccc1OCC(=O)NC1CC(O)C1. The van der Waals surface area contributed by atoms with Crippen molar-refractivity contribution in [1.29, 1.82) is 0 Å². The van der Waals surface area contributed by atoms with Gasteiger partial charge in [0.1, 0.15) is 0 Å². The molecule has 37 heavy (non-hydrogen) atoms. The van der Waals surface area contributed by atoms with E-state index in [4.69, 9.17) is 26.2 Å². The number of fused-ring (bicyclic) bond motifs is 1. The Bertz CT molecular complexity index is 1380. The Kier molecular flexibility index (Phi) is 8.11. The first-order chi connectivity index (χ1) is 17.9. The molecule has 0 bridgehead atoms. The second-order valence-corrected chi connectivity index (χ2v) is 8.69. The minimum Gasteiger partial charge on any atom is -0.493 e. The van der Waals surface area contributed by atoms with E-state index in [0.717, 1.165) is 18.0 Å². The van der Waals surface area contributed by atoms with Crippen molar-refractivity contribution < 1.29 is 24.5 Å². The molecule has 5 N–H and O–H groups in total. The molecule has 196 valence electrons. The van der Waals surface area contributed by atoms with E-state index in [1.807, 2.05) is 12.1 Å². The highest BCUT2D eigenvalue weighted by Gasteiger charge is 2.28. The zero-order chi connectivity index (χ0) is 26.5. The van der Waals surface area contributed by atoms with Gasteiger partial charge in [0.25, 0.3) is 5.91 Å². The van der Waals surface area contributed by atoms with Gasteiger partial charge < -0.3 is 30.3 Å². The summed E-state index contributed by atoms with van der Waals surface area (Å²) in [6.07, 6.45) is 2.48. The van der Waals surface area contributed by atoms with Gasteiger partial charge in [0, 0.05) is 31.1 Å². The molecule has 0 saturated heterocycles. The van der Waals surface area contributed by atoms with E-state index < -0.39 is 0 Å². The van der Waals surface area contributed by atoms with Gasteiger partial charge in [-0.2, -0.15) is 10.1 Å². The van der Waals surface area contributed by atoms with Gasteiger partial charge in [-0.05, 0) is 43.2 Å². The topological polar surface area (TPSA) is 159 Å². The van der Waals surface area contributed by atoms with Crippen molar-refractivity contribution in [2.75, 3.05) is 26.1 Å². The molecule has 0 aliphatic heterocycles. The van der Waals surface area contributed by atoms with Crippen LogP contribution in [0.5, 0.6) is 11.5 Å². The van der Waals surface area contributed by atoms with E-state index >= 15 is 0 Å². The number of methoxy groups -OCH3 is 1. The number of nitrogens with zero attached hydrogens (tertiary/aromatic N) is 4. The maximum atomic E-state index is 12.1. The van der Waals surface area contributed by atoms with Crippen LogP contribution in [0.15, 0.2) is 36.5 Å². The number of ether oxygens (including phenoxy) is 2. The molecule has 2 heterocycles. The predicted octanol–water partition coefficient (Wildman–Crippen LogP) is 2.39. The van der Waals surface area contributed by atoms with Crippen LogP contribution in [0.25, 0.3) is 22.3 Å². The third-order valence-corrected chi connectivity index (χ3v) is 6.23. The number of hydrogen-bond donors (Lipinski definition) is 5. The highest BCUT2D eigenvalue weighted by Crippen LogP contribution is 2.34. The molecule has 12 nitrogen and oxygen atoms in total. The third kappa shape index (κ3) is 5.77. The second-order valence-electron chi connectivity index (χ2n) is 8.31. The van der Waals surface area contributed by atoms with Crippen LogP contribution in [0.1, 0.15) is 12.8 Å². The van der Waals surface area contributed by atoms with Crippen LogP contribution in [0.2, 0.25) is 5.02 Å². The van der Waals surface area contributed by atoms with Gasteiger partial charge in [-0.25, -0.2) is 4.68 Å². The first kappa shape index (κ1) is 26.2. The van der Waals surface area contributed by atoms with Crippen molar-refractivity contribution in [2.24, 2.45) is 7.05 Å². The fraction of sp³-hybridized carbons (Fsp3) is 0.333. The summed E-state index contributed by atoms with van der Waals surface area (Å²) in [7, 11) is 4.30. The number of H-pyrrole nitrogens is 1. The molecule has 0 unspecified atom stereocenters. The molecule has 1 aliphatic rings. The molecule has 4 aromatic rings. The number of nitrogens with one attached hydrogen (secondary N) is 3. The number of hydrogen-bond acceptors (Lipinski definition) is 9. The number of halogens is 1. The lowest BCUT2D eigenvalue weighted by Crippen LogP contribution is -2.48. The Morgan fingerprint density at radius 3 is 2.76 bits per heavy atom. The zero-order valence-electron chi connectivity index (χ0n) is 20.5. The van der Waals surface area contributed by atoms with Gasteiger partial charge in [-0.3, -0.25) is 9.89 Å². The monoisotopic (exact) mass is 529 g/mol. The maximum Gasteiger partial charge on any atom is 0.258 e. The number of aromatic amines is 1. The quantitative estimate of drug-likeness (QED) is 0.231. The predicted molar refractivity (Wildman–Crippen MR) is 138 cm³/mol. The molecule has 0 spiro atoms. The van der Waals surface area contributed by atoms with Crippen molar-refractivity contribution in [3.05, 3.63) is 41.6 Å². The van der Waals surface area contributed by atoms with E-state index in [2.05, 4.69) is 30.9 Å². The first-order valence-corrected chi connectivity index (χ1v) is 11.8. The van der Waals surface area contributed by atoms with Crippen LogP contribution in [0, 0.1) is 0 Å². The highest BCUT2D eigenvalue weighted by molar-refractivity contribution is 6.38. The Morgan fingerprint density at radius 2 is 2.03 bits per heavy atom. The van der Waals surface area contributed by atoms with E-state index in [9.17, 15) is 9.90 Å². The summed E-state index contributed by atoms with van der Waals surface area (Å²) >= 11 is 6.51. The molecule has 1 saturated carbocycles. The molecule has 5 rings (SSSR count). The van der Waals surface area contributed by atoms with Crippen molar-refractivity contribution in [2.45, 2.75) is 25.0 Å². The largest absolute Gasteiger partial charge is 0.493 e. The molecule has 2 aromatic heterocycles. The lowest BCUT2D eigenvalue weighted by Gasteiger charge is -2.31. The van der Waals surface area contributed by atoms with Crippen molar-refractivity contribution in [1.82, 2.24) is 30.3 Å². The smallest absolute Gasteiger partial charge is 0.258 e. The fourth-order valence-corrected chi connectivity index (χ4v) is 4.12. The number of aryl methyl sites for hydroxylation is 1. The van der Waals surface area contributed by atoms with Crippen LogP contribution in [0.3, 0.4) is 0 Å². The first-order valence-electron chi connectivity index (χ1n) is 11.4. The molecular formula is C24H28ClN7O5. The van der Waals surface area contributed by atoms with Crippen LogP contribution in [-0.2, 0) is 11.8 Å². The van der Waals surface area contributed by atoms with Gasteiger partial charge in [0.15, 0.2) is 23.9 Å². The summed E-state index contributed by atoms with van der Waals surface area (Å²) in [6, 6.07) is 8.98. The van der Waals surface area contributed by atoms with Crippen LogP contribution < -0.4 is 20.1 Å². The van der Waals surface area contributed by atoms with Crippen molar-refractivity contribution in [3.63, 3.8) is 0 Å². The number of aliphatic hydroxyl groups excluding tert-OH is 2. The molecule has 0 radical (unpaired) electrons. The molecule has 2 aromatic carbocycles. The van der Waals surface area contributed by atoms with Crippen LogP contribution in [0.4, 0.5) is 11.6 Å². The van der Waals surface area contributed by atoms with E-state index in [1.165, 1.54) is 7.11 Å². The van der Waals surface area contributed by atoms with Crippen LogP contribution in [-0.4, -0.2) is 74.1 Å². The number of amides is 1. The molecule has 1 amide bonds. The Morgan fingerprint density at radius 1 is 1.24 bits per heavy atom.